The van der Waals surface area contributed by atoms with Gasteiger partial charge in [0.2, 0.25) is 5.91 Å². The number of aryl methyl sites for hydroxylation is 1. The zero-order valence-electron chi connectivity index (χ0n) is 18.3. The SMILES string of the molecule is Cn1cccc1C(=O)N[C@H]1CCN2C(=O)c3cc(-c4ccc(F)cc4F)ccc3NC(=O)[C@@H]2C1. The zero-order chi connectivity index (χ0) is 24.0. The molecule has 1 fully saturated rings. The van der Waals surface area contributed by atoms with Gasteiger partial charge in [-0.1, -0.05) is 6.07 Å². The number of nitrogens with one attached hydrogen (secondary N) is 2. The maximum absolute atomic E-state index is 14.3. The first kappa shape index (κ1) is 21.8. The molecule has 1 aromatic heterocycles. The van der Waals surface area contributed by atoms with Crippen LogP contribution in [0, 0.1) is 11.6 Å². The van der Waals surface area contributed by atoms with Crippen LogP contribution in [0.3, 0.4) is 0 Å². The zero-order valence-corrected chi connectivity index (χ0v) is 18.3. The van der Waals surface area contributed by atoms with Gasteiger partial charge in [-0.2, -0.15) is 0 Å². The minimum Gasteiger partial charge on any atom is -0.348 e. The van der Waals surface area contributed by atoms with Gasteiger partial charge < -0.3 is 20.1 Å². The van der Waals surface area contributed by atoms with Crippen LogP contribution in [0.4, 0.5) is 14.5 Å². The smallest absolute Gasteiger partial charge is 0.268 e. The summed E-state index contributed by atoms with van der Waals surface area (Å²) in [6, 6.07) is 10.4. The molecule has 1 saturated heterocycles. The second-order valence-electron chi connectivity index (χ2n) is 8.59. The quantitative estimate of drug-likeness (QED) is 0.624. The number of benzene rings is 2. The minimum atomic E-state index is -0.752. The van der Waals surface area contributed by atoms with E-state index in [9.17, 15) is 23.2 Å². The van der Waals surface area contributed by atoms with Gasteiger partial charge in [-0.15, -0.1) is 0 Å². The molecule has 2 atom stereocenters. The summed E-state index contributed by atoms with van der Waals surface area (Å²) in [6.45, 7) is 0.281. The number of fused-ring (bicyclic) bond motifs is 2. The van der Waals surface area contributed by atoms with E-state index >= 15 is 0 Å². The summed E-state index contributed by atoms with van der Waals surface area (Å²) in [4.78, 5) is 40.5. The largest absolute Gasteiger partial charge is 0.348 e. The van der Waals surface area contributed by atoms with Crippen LogP contribution in [0.5, 0.6) is 0 Å². The van der Waals surface area contributed by atoms with Gasteiger partial charge in [-0.05, 0) is 54.8 Å². The summed E-state index contributed by atoms with van der Waals surface area (Å²) >= 11 is 0. The van der Waals surface area contributed by atoms with Gasteiger partial charge >= 0.3 is 0 Å². The first-order valence-corrected chi connectivity index (χ1v) is 11.0. The molecule has 3 amide bonds. The molecule has 2 N–H and O–H groups in total. The number of hydrogen-bond acceptors (Lipinski definition) is 3. The molecule has 3 aromatic rings. The fourth-order valence-electron chi connectivity index (χ4n) is 4.64. The van der Waals surface area contributed by atoms with E-state index in [1.165, 1.54) is 17.0 Å². The van der Waals surface area contributed by atoms with Crippen LogP contribution in [0.2, 0.25) is 0 Å². The van der Waals surface area contributed by atoms with Crippen LogP contribution in [0.15, 0.2) is 54.7 Å². The molecular formula is C25H22F2N4O3. The third kappa shape index (κ3) is 3.83. The van der Waals surface area contributed by atoms with E-state index in [1.54, 1.807) is 42.1 Å². The lowest BCUT2D eigenvalue weighted by atomic mass is 9.95. The summed E-state index contributed by atoms with van der Waals surface area (Å²) in [7, 11) is 1.78. The van der Waals surface area contributed by atoms with E-state index in [0.29, 0.717) is 23.4 Å². The normalized spacial score (nSPS) is 19.7. The van der Waals surface area contributed by atoms with E-state index in [0.717, 1.165) is 12.1 Å². The van der Waals surface area contributed by atoms with Crippen molar-refractivity contribution >= 4 is 23.4 Å². The highest BCUT2D eigenvalue weighted by molar-refractivity contribution is 6.10. The summed E-state index contributed by atoms with van der Waals surface area (Å²) < 4.78 is 29.3. The van der Waals surface area contributed by atoms with Crippen molar-refractivity contribution in [3.8, 4) is 11.1 Å². The molecule has 2 aliphatic heterocycles. The molecule has 5 rings (SSSR count). The Hall–Kier alpha value is -4.01. The van der Waals surface area contributed by atoms with Crippen molar-refractivity contribution in [2.75, 3.05) is 11.9 Å². The van der Waals surface area contributed by atoms with Crippen LogP contribution in [-0.4, -0.2) is 45.8 Å². The second-order valence-corrected chi connectivity index (χ2v) is 8.59. The van der Waals surface area contributed by atoms with Gasteiger partial charge in [0.25, 0.3) is 11.8 Å². The molecule has 7 nitrogen and oxygen atoms in total. The summed E-state index contributed by atoms with van der Waals surface area (Å²) in [5.74, 6) is -2.36. The van der Waals surface area contributed by atoms with Crippen molar-refractivity contribution in [1.82, 2.24) is 14.8 Å². The average Bonchev–Trinajstić information content (AvgIpc) is 3.21. The lowest BCUT2D eigenvalue weighted by Crippen LogP contribution is -2.55. The van der Waals surface area contributed by atoms with Gasteiger partial charge in [0.15, 0.2) is 0 Å². The van der Waals surface area contributed by atoms with Crippen molar-refractivity contribution in [2.24, 2.45) is 7.05 Å². The molecule has 3 heterocycles. The predicted octanol–water partition coefficient (Wildman–Crippen LogP) is 3.33. The molecule has 0 radical (unpaired) electrons. The Kier molecular flexibility index (Phi) is 5.39. The Balaban J connectivity index is 1.39. The van der Waals surface area contributed by atoms with Crippen molar-refractivity contribution in [3.63, 3.8) is 0 Å². The summed E-state index contributed by atoms with van der Waals surface area (Å²) in [5, 5.41) is 5.76. The molecular weight excluding hydrogens is 442 g/mol. The molecule has 34 heavy (non-hydrogen) atoms. The van der Waals surface area contributed by atoms with Gasteiger partial charge in [0.1, 0.15) is 23.4 Å². The van der Waals surface area contributed by atoms with Crippen LogP contribution >= 0.6 is 0 Å². The molecule has 0 saturated carbocycles. The Bertz CT molecular complexity index is 1320. The first-order valence-electron chi connectivity index (χ1n) is 11.0. The van der Waals surface area contributed by atoms with E-state index in [4.69, 9.17) is 0 Å². The Morgan fingerprint density at radius 2 is 1.91 bits per heavy atom. The number of hydrogen-bond donors (Lipinski definition) is 2. The van der Waals surface area contributed by atoms with Crippen molar-refractivity contribution in [2.45, 2.75) is 24.9 Å². The Morgan fingerprint density at radius 1 is 1.09 bits per heavy atom. The number of carbonyl (C=O) groups is 3. The van der Waals surface area contributed by atoms with Crippen molar-refractivity contribution in [1.29, 1.82) is 0 Å². The van der Waals surface area contributed by atoms with Crippen LogP contribution in [0.1, 0.15) is 33.7 Å². The first-order chi connectivity index (χ1) is 16.3. The van der Waals surface area contributed by atoms with E-state index in [1.807, 2.05) is 0 Å². The highest BCUT2D eigenvalue weighted by atomic mass is 19.1. The standard InChI is InChI=1S/C25H22F2N4O3/c1-30-9-2-3-21(30)23(32)28-16-8-10-31-22(13-16)24(33)29-20-7-4-14(11-18(20)25(31)34)17-6-5-15(26)12-19(17)27/h2-7,9,11-12,16,22H,8,10,13H2,1H3,(H,28,32)(H,29,33)/t16-,22-/m0/s1. The van der Waals surface area contributed by atoms with Crippen molar-refractivity contribution < 1.29 is 23.2 Å². The van der Waals surface area contributed by atoms with Crippen LogP contribution in [-0.2, 0) is 11.8 Å². The highest BCUT2D eigenvalue weighted by Gasteiger charge is 2.40. The molecule has 174 valence electrons. The Labute approximate surface area is 194 Å². The van der Waals surface area contributed by atoms with Gasteiger partial charge in [0, 0.05) is 37.5 Å². The van der Waals surface area contributed by atoms with Gasteiger partial charge in [-0.3, -0.25) is 14.4 Å². The molecule has 0 bridgehead atoms. The molecule has 2 aromatic carbocycles. The topological polar surface area (TPSA) is 83.4 Å². The van der Waals surface area contributed by atoms with E-state index in [-0.39, 0.29) is 47.9 Å². The average molecular weight is 464 g/mol. The maximum atomic E-state index is 14.3. The molecule has 9 heteroatoms. The monoisotopic (exact) mass is 464 g/mol. The fraction of sp³-hybridized carbons (Fsp3) is 0.240. The number of rotatable bonds is 3. The molecule has 0 unspecified atom stereocenters. The van der Waals surface area contributed by atoms with Gasteiger partial charge in [0.05, 0.1) is 11.3 Å². The van der Waals surface area contributed by atoms with Crippen LogP contribution in [0.25, 0.3) is 11.1 Å². The number of halogens is 2. The van der Waals surface area contributed by atoms with Gasteiger partial charge in [-0.25, -0.2) is 8.78 Å². The lowest BCUT2D eigenvalue weighted by Gasteiger charge is -2.37. The minimum absolute atomic E-state index is 0.159. The summed E-state index contributed by atoms with van der Waals surface area (Å²) in [6.07, 6.45) is 2.55. The highest BCUT2D eigenvalue weighted by Crippen LogP contribution is 2.32. The van der Waals surface area contributed by atoms with Crippen molar-refractivity contribution in [3.05, 3.63) is 77.6 Å². The molecule has 0 spiro atoms. The van der Waals surface area contributed by atoms with E-state index in [2.05, 4.69) is 10.6 Å². The number of aromatic nitrogens is 1. The Morgan fingerprint density at radius 3 is 2.65 bits per heavy atom. The third-order valence-electron chi connectivity index (χ3n) is 6.43. The predicted molar refractivity (Wildman–Crippen MR) is 121 cm³/mol. The number of carbonyl (C=O) groups excluding carboxylic acids is 3. The van der Waals surface area contributed by atoms with E-state index < -0.39 is 17.7 Å². The molecule has 2 aliphatic rings. The summed E-state index contributed by atoms with van der Waals surface area (Å²) in [5.41, 5.74) is 1.65. The second kappa shape index (κ2) is 8.40. The number of anilines is 1. The fourth-order valence-corrected chi connectivity index (χ4v) is 4.64. The number of nitrogens with zero attached hydrogens (tertiary/aromatic N) is 2. The van der Waals surface area contributed by atoms with Crippen LogP contribution < -0.4 is 10.6 Å². The lowest BCUT2D eigenvalue weighted by molar-refractivity contribution is -0.121. The maximum Gasteiger partial charge on any atom is 0.268 e. The third-order valence-corrected chi connectivity index (χ3v) is 6.43. The number of piperidine rings is 1. The number of amides is 3. The molecule has 0 aliphatic carbocycles.